The molecule has 0 atom stereocenters. The molecule has 3 nitrogen and oxygen atoms in total. The monoisotopic (exact) mass is 195 g/mol. The van der Waals surface area contributed by atoms with Crippen LogP contribution in [0.2, 0.25) is 0 Å². The molecule has 1 rings (SSSR count). The zero-order valence-electron chi connectivity index (χ0n) is 8.82. The Morgan fingerprint density at radius 3 is 3.14 bits per heavy atom. The van der Waals surface area contributed by atoms with Gasteiger partial charge in [-0.1, -0.05) is 18.2 Å². The quantitative estimate of drug-likeness (QED) is 0.503. The van der Waals surface area contributed by atoms with E-state index in [-0.39, 0.29) is 5.97 Å². The van der Waals surface area contributed by atoms with E-state index in [0.717, 1.165) is 18.5 Å². The smallest absolute Gasteiger partial charge is 0.335 e. The number of carbonyl (C=O) groups is 1. The lowest BCUT2D eigenvalue weighted by Gasteiger charge is -2.21. The lowest BCUT2D eigenvalue weighted by atomic mass is 10.1. The largest absolute Gasteiger partial charge is 0.458 e. The summed E-state index contributed by atoms with van der Waals surface area (Å²) in [5.74, 6) is -0.186. The summed E-state index contributed by atoms with van der Waals surface area (Å²) in [6.45, 7) is 4.00. The van der Waals surface area contributed by atoms with Crippen LogP contribution in [0.3, 0.4) is 0 Å². The van der Waals surface area contributed by atoms with Gasteiger partial charge >= 0.3 is 5.97 Å². The first-order valence-corrected chi connectivity index (χ1v) is 4.90. The lowest BCUT2D eigenvalue weighted by molar-refractivity contribution is -0.138. The fourth-order valence-electron chi connectivity index (χ4n) is 1.35. The Morgan fingerprint density at radius 1 is 1.71 bits per heavy atom. The molecule has 0 N–H and O–H groups in total. The highest BCUT2D eigenvalue weighted by atomic mass is 16.5. The third-order valence-corrected chi connectivity index (χ3v) is 2.15. The Labute approximate surface area is 85.0 Å². The van der Waals surface area contributed by atoms with E-state index < -0.39 is 0 Å². The van der Waals surface area contributed by atoms with E-state index in [1.54, 1.807) is 0 Å². The molecule has 0 unspecified atom stereocenters. The van der Waals surface area contributed by atoms with E-state index in [1.165, 1.54) is 0 Å². The fraction of sp³-hybridized carbons (Fsp3) is 0.545. The Hall–Kier alpha value is -1.09. The number of esters is 1. The van der Waals surface area contributed by atoms with Crippen molar-refractivity contribution in [1.82, 2.24) is 4.90 Å². The van der Waals surface area contributed by atoms with Crippen molar-refractivity contribution in [2.75, 3.05) is 26.7 Å². The zero-order valence-corrected chi connectivity index (χ0v) is 8.82. The molecule has 78 valence electrons. The minimum Gasteiger partial charge on any atom is -0.458 e. The standard InChI is InChI=1S/C11H17NO2/c1-3-4-8-14-11(13)10-6-5-7-12(2)9-10/h3-4,6H,5,7-9H2,1-2H3/b4-3+. The van der Waals surface area contributed by atoms with Gasteiger partial charge in [0.05, 0.1) is 0 Å². The maximum Gasteiger partial charge on any atom is 0.335 e. The van der Waals surface area contributed by atoms with Crippen molar-refractivity contribution >= 4 is 5.97 Å². The van der Waals surface area contributed by atoms with E-state index in [4.69, 9.17) is 4.74 Å². The Morgan fingerprint density at radius 2 is 2.50 bits per heavy atom. The lowest BCUT2D eigenvalue weighted by Crippen LogP contribution is -2.29. The minimum atomic E-state index is -0.186. The molecule has 3 heteroatoms. The first kappa shape index (κ1) is 11.0. The molecular weight excluding hydrogens is 178 g/mol. The van der Waals surface area contributed by atoms with Crippen molar-refractivity contribution < 1.29 is 9.53 Å². The highest BCUT2D eigenvalue weighted by Gasteiger charge is 2.15. The number of hydrogen-bond acceptors (Lipinski definition) is 3. The third kappa shape index (κ3) is 3.34. The van der Waals surface area contributed by atoms with Crippen molar-refractivity contribution in [3.63, 3.8) is 0 Å². The van der Waals surface area contributed by atoms with Gasteiger partial charge in [0, 0.05) is 18.7 Å². The molecule has 1 heterocycles. The highest BCUT2D eigenvalue weighted by molar-refractivity contribution is 5.89. The molecule has 0 saturated heterocycles. The van der Waals surface area contributed by atoms with Gasteiger partial charge in [0.15, 0.2) is 0 Å². The van der Waals surface area contributed by atoms with E-state index in [0.29, 0.717) is 13.2 Å². The number of hydrogen-bond donors (Lipinski definition) is 0. The third-order valence-electron chi connectivity index (χ3n) is 2.15. The maximum atomic E-state index is 11.5. The van der Waals surface area contributed by atoms with Crippen LogP contribution in [0.1, 0.15) is 13.3 Å². The van der Waals surface area contributed by atoms with Gasteiger partial charge in [0.2, 0.25) is 0 Å². The predicted octanol–water partition coefficient (Wildman–Crippen LogP) is 1.37. The second-order valence-electron chi connectivity index (χ2n) is 3.42. The van der Waals surface area contributed by atoms with Gasteiger partial charge in [-0.05, 0) is 20.4 Å². The first-order valence-electron chi connectivity index (χ1n) is 4.90. The summed E-state index contributed by atoms with van der Waals surface area (Å²) < 4.78 is 5.05. The van der Waals surface area contributed by atoms with Crippen LogP contribution in [0, 0.1) is 0 Å². The molecule has 0 aromatic rings. The summed E-state index contributed by atoms with van der Waals surface area (Å²) in [4.78, 5) is 13.6. The molecule has 0 saturated carbocycles. The SMILES string of the molecule is C/C=C/COC(=O)C1=CCCN(C)C1. The van der Waals surface area contributed by atoms with Gasteiger partial charge in [0.1, 0.15) is 6.61 Å². The first-order chi connectivity index (χ1) is 6.74. The van der Waals surface area contributed by atoms with Crippen LogP contribution >= 0.6 is 0 Å². The van der Waals surface area contributed by atoms with Gasteiger partial charge in [-0.15, -0.1) is 0 Å². The summed E-state index contributed by atoms with van der Waals surface area (Å²) in [5.41, 5.74) is 0.781. The maximum absolute atomic E-state index is 11.5. The second-order valence-corrected chi connectivity index (χ2v) is 3.42. The summed E-state index contributed by atoms with van der Waals surface area (Å²) in [5, 5.41) is 0. The summed E-state index contributed by atoms with van der Waals surface area (Å²) >= 11 is 0. The molecule has 0 spiro atoms. The summed E-state index contributed by atoms with van der Waals surface area (Å²) in [6.07, 6.45) is 6.60. The number of nitrogens with zero attached hydrogens (tertiary/aromatic N) is 1. The Balaban J connectivity index is 2.40. The topological polar surface area (TPSA) is 29.5 Å². The molecule has 14 heavy (non-hydrogen) atoms. The average molecular weight is 195 g/mol. The van der Waals surface area contributed by atoms with Crippen LogP contribution < -0.4 is 0 Å². The molecule has 0 aromatic heterocycles. The van der Waals surface area contributed by atoms with Crippen molar-refractivity contribution in [1.29, 1.82) is 0 Å². The molecule has 0 bridgehead atoms. The molecule has 1 aliphatic rings. The van der Waals surface area contributed by atoms with Crippen LogP contribution in [-0.4, -0.2) is 37.6 Å². The van der Waals surface area contributed by atoms with Crippen LogP contribution in [0.25, 0.3) is 0 Å². The Kier molecular flexibility index (Phi) is 4.40. The van der Waals surface area contributed by atoms with Crippen molar-refractivity contribution in [3.8, 4) is 0 Å². The number of ether oxygens (including phenoxy) is 1. The van der Waals surface area contributed by atoms with Gasteiger partial charge in [0.25, 0.3) is 0 Å². The fourth-order valence-corrected chi connectivity index (χ4v) is 1.35. The average Bonchev–Trinajstić information content (AvgIpc) is 2.18. The van der Waals surface area contributed by atoms with E-state index in [2.05, 4.69) is 4.90 Å². The van der Waals surface area contributed by atoms with E-state index in [1.807, 2.05) is 32.2 Å². The molecule has 0 radical (unpaired) electrons. The molecule has 1 aliphatic heterocycles. The molecule has 0 aliphatic carbocycles. The number of likely N-dealkylation sites (N-methyl/N-ethyl adjacent to an activating group) is 1. The van der Waals surface area contributed by atoms with Crippen LogP contribution in [0.5, 0.6) is 0 Å². The minimum absolute atomic E-state index is 0.186. The zero-order chi connectivity index (χ0) is 10.4. The van der Waals surface area contributed by atoms with Gasteiger partial charge in [-0.2, -0.15) is 0 Å². The van der Waals surface area contributed by atoms with E-state index >= 15 is 0 Å². The van der Waals surface area contributed by atoms with Crippen LogP contribution in [0.15, 0.2) is 23.8 Å². The Bertz CT molecular complexity index is 256. The van der Waals surface area contributed by atoms with E-state index in [9.17, 15) is 4.79 Å². The number of allylic oxidation sites excluding steroid dienone is 1. The summed E-state index contributed by atoms with van der Waals surface area (Å²) in [6, 6.07) is 0. The van der Waals surface area contributed by atoms with Crippen LogP contribution in [0.4, 0.5) is 0 Å². The molecule has 0 amide bonds. The van der Waals surface area contributed by atoms with Crippen LogP contribution in [-0.2, 0) is 9.53 Å². The van der Waals surface area contributed by atoms with Crippen molar-refractivity contribution in [2.45, 2.75) is 13.3 Å². The van der Waals surface area contributed by atoms with Gasteiger partial charge < -0.3 is 9.64 Å². The van der Waals surface area contributed by atoms with Gasteiger partial charge in [-0.25, -0.2) is 4.79 Å². The molecule has 0 aromatic carbocycles. The number of carbonyl (C=O) groups excluding carboxylic acids is 1. The summed E-state index contributed by atoms with van der Waals surface area (Å²) in [7, 11) is 2.01. The predicted molar refractivity (Wildman–Crippen MR) is 56.0 cm³/mol. The number of rotatable bonds is 3. The molecular formula is C11H17NO2. The highest BCUT2D eigenvalue weighted by Crippen LogP contribution is 2.09. The molecule has 0 fully saturated rings. The second kappa shape index (κ2) is 5.60. The normalized spacial score (nSPS) is 18.3. The van der Waals surface area contributed by atoms with Crippen molar-refractivity contribution in [2.24, 2.45) is 0 Å². The van der Waals surface area contributed by atoms with Gasteiger partial charge in [-0.3, -0.25) is 0 Å². The van der Waals surface area contributed by atoms with Crippen molar-refractivity contribution in [3.05, 3.63) is 23.8 Å².